The van der Waals surface area contributed by atoms with Gasteiger partial charge in [-0.15, -0.1) is 0 Å². The Morgan fingerprint density at radius 3 is 2.79 bits per heavy atom. The number of halogens is 1. The van der Waals surface area contributed by atoms with Crippen molar-refractivity contribution in [3.63, 3.8) is 0 Å². The van der Waals surface area contributed by atoms with Gasteiger partial charge in [0.05, 0.1) is 0 Å². The Morgan fingerprint density at radius 1 is 1.36 bits per heavy atom. The molecule has 7 heteroatoms. The topological polar surface area (TPSA) is 72.5 Å². The van der Waals surface area contributed by atoms with Gasteiger partial charge in [0.15, 0.2) is 5.96 Å². The van der Waals surface area contributed by atoms with Gasteiger partial charge in [-0.25, -0.2) is 4.39 Å². The molecule has 0 atom stereocenters. The quantitative estimate of drug-likeness (QED) is 0.546. The van der Waals surface area contributed by atoms with Gasteiger partial charge in [-0.2, -0.15) is 0 Å². The van der Waals surface area contributed by atoms with Crippen molar-refractivity contribution in [2.24, 2.45) is 10.9 Å². The zero-order valence-electron chi connectivity index (χ0n) is 16.9. The number of rotatable bonds is 5. The number of benzene rings is 1. The fourth-order valence-electron chi connectivity index (χ4n) is 3.67. The maximum atomic E-state index is 13.5. The first-order chi connectivity index (χ1) is 13.5. The van der Waals surface area contributed by atoms with Crippen LogP contribution in [0.3, 0.4) is 0 Å². The predicted octanol–water partition coefficient (Wildman–Crippen LogP) is 2.66. The number of aliphatic imine (C=N–C) groups is 1. The van der Waals surface area contributed by atoms with Gasteiger partial charge in [0.1, 0.15) is 5.82 Å². The number of fused-ring (bicyclic) bond motifs is 1. The summed E-state index contributed by atoms with van der Waals surface area (Å²) in [7, 11) is 1.76. The zero-order valence-corrected chi connectivity index (χ0v) is 16.9. The first kappa shape index (κ1) is 20.2. The van der Waals surface area contributed by atoms with Crippen molar-refractivity contribution in [1.29, 1.82) is 0 Å². The number of aromatic nitrogens is 1. The van der Waals surface area contributed by atoms with E-state index >= 15 is 0 Å². The number of aromatic amines is 1. The molecule has 0 aliphatic carbocycles. The van der Waals surface area contributed by atoms with E-state index in [1.807, 2.05) is 24.9 Å². The Hall–Kier alpha value is -2.57. The van der Waals surface area contributed by atoms with E-state index < -0.39 is 0 Å². The summed E-state index contributed by atoms with van der Waals surface area (Å²) in [6.45, 7) is 6.16. The highest BCUT2D eigenvalue weighted by Crippen LogP contribution is 2.19. The molecule has 28 heavy (non-hydrogen) atoms. The lowest BCUT2D eigenvalue weighted by Gasteiger charge is -2.34. The Bertz CT molecular complexity index is 836. The second-order valence-corrected chi connectivity index (χ2v) is 7.65. The van der Waals surface area contributed by atoms with Crippen LogP contribution in [-0.2, 0) is 11.2 Å². The molecule has 2 heterocycles. The molecule has 1 aromatic heterocycles. The fraction of sp³-hybridized carbons (Fsp3) is 0.524. The molecule has 1 aromatic carbocycles. The van der Waals surface area contributed by atoms with Crippen molar-refractivity contribution in [3.05, 3.63) is 35.8 Å². The average molecular weight is 388 g/mol. The normalized spacial score (nSPS) is 16.0. The first-order valence-electron chi connectivity index (χ1n) is 9.99. The summed E-state index contributed by atoms with van der Waals surface area (Å²) in [5.41, 5.74) is 2.03. The number of nitrogens with zero attached hydrogens (tertiary/aromatic N) is 2. The van der Waals surface area contributed by atoms with Gasteiger partial charge in [-0.05, 0) is 43.0 Å². The molecule has 1 fully saturated rings. The Labute approximate surface area is 165 Å². The molecule has 1 amide bonds. The lowest BCUT2D eigenvalue weighted by molar-refractivity contribution is -0.135. The van der Waals surface area contributed by atoms with Crippen LogP contribution in [0.25, 0.3) is 10.9 Å². The molecular formula is C21H30FN5O. The van der Waals surface area contributed by atoms with Gasteiger partial charge in [0.2, 0.25) is 5.91 Å². The Kier molecular flexibility index (Phi) is 6.54. The van der Waals surface area contributed by atoms with Crippen LogP contribution in [0.4, 0.5) is 4.39 Å². The van der Waals surface area contributed by atoms with E-state index in [0.29, 0.717) is 12.6 Å². The van der Waals surface area contributed by atoms with Gasteiger partial charge >= 0.3 is 0 Å². The summed E-state index contributed by atoms with van der Waals surface area (Å²) in [4.78, 5) is 21.5. The number of likely N-dealkylation sites (tertiary alicyclic amines) is 1. The van der Waals surface area contributed by atoms with Crippen LogP contribution in [0, 0.1) is 11.7 Å². The van der Waals surface area contributed by atoms with E-state index in [9.17, 15) is 9.18 Å². The van der Waals surface area contributed by atoms with Gasteiger partial charge in [0, 0.05) is 55.7 Å². The molecule has 0 saturated carbocycles. The number of amides is 1. The van der Waals surface area contributed by atoms with Crippen LogP contribution >= 0.6 is 0 Å². The highest BCUT2D eigenvalue weighted by molar-refractivity contribution is 5.83. The maximum absolute atomic E-state index is 13.5. The van der Waals surface area contributed by atoms with Crippen LogP contribution in [0.1, 0.15) is 32.3 Å². The number of piperidine rings is 1. The third-order valence-corrected chi connectivity index (χ3v) is 5.28. The lowest BCUT2D eigenvalue weighted by atomic mass is 10.0. The molecule has 3 rings (SSSR count). The molecule has 2 aromatic rings. The second kappa shape index (κ2) is 9.08. The summed E-state index contributed by atoms with van der Waals surface area (Å²) >= 11 is 0. The van der Waals surface area contributed by atoms with Crippen molar-refractivity contribution in [3.8, 4) is 0 Å². The van der Waals surface area contributed by atoms with Gasteiger partial charge in [-0.3, -0.25) is 9.79 Å². The molecule has 0 radical (unpaired) electrons. The standard InChI is InChI=1S/C21H30FN5O/c1-14(2)20(28)27-10-7-17(8-11-27)26-21(23-3)24-9-6-15-13-25-19-5-4-16(22)12-18(15)19/h4-5,12-14,17,25H,6-11H2,1-3H3,(H2,23,24,26). The fourth-order valence-corrected chi connectivity index (χ4v) is 3.67. The summed E-state index contributed by atoms with van der Waals surface area (Å²) in [6.07, 6.45) is 4.54. The molecule has 3 N–H and O–H groups in total. The monoisotopic (exact) mass is 387 g/mol. The average Bonchev–Trinajstić information content (AvgIpc) is 3.09. The highest BCUT2D eigenvalue weighted by atomic mass is 19.1. The van der Waals surface area contributed by atoms with E-state index in [1.165, 1.54) is 6.07 Å². The summed E-state index contributed by atoms with van der Waals surface area (Å²) in [6, 6.07) is 5.11. The van der Waals surface area contributed by atoms with E-state index in [0.717, 1.165) is 54.8 Å². The lowest BCUT2D eigenvalue weighted by Crippen LogP contribution is -2.50. The number of H-pyrrole nitrogens is 1. The largest absolute Gasteiger partial charge is 0.361 e. The number of guanidine groups is 1. The van der Waals surface area contributed by atoms with Gasteiger partial charge in [0.25, 0.3) is 0 Å². The number of hydrogen-bond donors (Lipinski definition) is 3. The summed E-state index contributed by atoms with van der Waals surface area (Å²) < 4.78 is 13.5. The highest BCUT2D eigenvalue weighted by Gasteiger charge is 2.24. The van der Waals surface area contributed by atoms with E-state index in [4.69, 9.17) is 0 Å². The molecular weight excluding hydrogens is 357 g/mol. The third kappa shape index (κ3) is 4.82. The van der Waals surface area contributed by atoms with Crippen molar-refractivity contribution >= 4 is 22.8 Å². The number of nitrogens with one attached hydrogen (secondary N) is 3. The second-order valence-electron chi connectivity index (χ2n) is 7.65. The van der Waals surface area contributed by atoms with Crippen molar-refractivity contribution in [2.45, 2.75) is 39.2 Å². The molecule has 0 spiro atoms. The summed E-state index contributed by atoms with van der Waals surface area (Å²) in [5, 5.41) is 7.71. The Morgan fingerprint density at radius 2 is 2.11 bits per heavy atom. The minimum absolute atomic E-state index is 0.0527. The molecule has 1 aliphatic rings. The van der Waals surface area contributed by atoms with Gasteiger partial charge in [-0.1, -0.05) is 13.8 Å². The molecule has 0 bridgehead atoms. The van der Waals surface area contributed by atoms with Crippen LogP contribution in [0.5, 0.6) is 0 Å². The van der Waals surface area contributed by atoms with Crippen LogP contribution < -0.4 is 10.6 Å². The van der Waals surface area contributed by atoms with Crippen LogP contribution in [0.15, 0.2) is 29.4 Å². The number of hydrogen-bond acceptors (Lipinski definition) is 2. The zero-order chi connectivity index (χ0) is 20.1. The molecule has 1 saturated heterocycles. The molecule has 152 valence electrons. The van der Waals surface area contributed by atoms with Gasteiger partial charge < -0.3 is 20.5 Å². The van der Waals surface area contributed by atoms with Crippen molar-refractivity contribution < 1.29 is 9.18 Å². The van der Waals surface area contributed by atoms with Crippen LogP contribution in [-0.4, -0.2) is 54.5 Å². The van der Waals surface area contributed by atoms with E-state index in [1.54, 1.807) is 19.2 Å². The number of carbonyl (C=O) groups excluding carboxylic acids is 1. The maximum Gasteiger partial charge on any atom is 0.225 e. The van der Waals surface area contributed by atoms with Crippen molar-refractivity contribution in [1.82, 2.24) is 20.5 Å². The minimum Gasteiger partial charge on any atom is -0.361 e. The molecule has 6 nitrogen and oxygen atoms in total. The molecule has 0 unspecified atom stereocenters. The third-order valence-electron chi connectivity index (χ3n) is 5.28. The van der Waals surface area contributed by atoms with Crippen molar-refractivity contribution in [2.75, 3.05) is 26.7 Å². The first-order valence-corrected chi connectivity index (χ1v) is 9.99. The summed E-state index contributed by atoms with van der Waals surface area (Å²) in [5.74, 6) is 0.828. The molecule has 1 aliphatic heterocycles. The smallest absolute Gasteiger partial charge is 0.225 e. The number of carbonyl (C=O) groups is 1. The van der Waals surface area contributed by atoms with E-state index in [-0.39, 0.29) is 17.6 Å². The minimum atomic E-state index is -0.221. The van der Waals surface area contributed by atoms with Crippen LogP contribution in [0.2, 0.25) is 0 Å². The Balaban J connectivity index is 1.46. The van der Waals surface area contributed by atoms with E-state index in [2.05, 4.69) is 20.6 Å². The SMILES string of the molecule is CN=C(NCCc1c[nH]c2ccc(F)cc12)NC1CCN(C(=O)C(C)C)CC1. The predicted molar refractivity (Wildman–Crippen MR) is 111 cm³/mol.